The van der Waals surface area contributed by atoms with E-state index in [4.69, 9.17) is 4.74 Å². The quantitative estimate of drug-likeness (QED) is 0.818. The van der Waals surface area contributed by atoms with Gasteiger partial charge in [-0.15, -0.1) is 18.3 Å². The number of nitrogens with zero attached hydrogens (tertiary/aromatic N) is 1. The number of rotatable bonds is 6. The number of carbonyl (C=O) groups is 1. The zero-order chi connectivity index (χ0) is 15.9. The van der Waals surface area contributed by atoms with Crippen molar-refractivity contribution in [3.8, 4) is 11.8 Å². The Labute approximate surface area is 134 Å². The summed E-state index contributed by atoms with van der Waals surface area (Å²) in [5.41, 5.74) is 1.46. The van der Waals surface area contributed by atoms with E-state index in [2.05, 4.69) is 18.0 Å². The molecule has 0 unspecified atom stereocenters. The Hall–Kier alpha value is -2.19. The lowest BCUT2D eigenvalue weighted by Gasteiger charge is -2.26. The van der Waals surface area contributed by atoms with Crippen LogP contribution >= 0.6 is 11.8 Å². The molecule has 0 saturated carbocycles. The van der Waals surface area contributed by atoms with E-state index in [0.29, 0.717) is 23.0 Å². The van der Waals surface area contributed by atoms with Crippen LogP contribution in [0.4, 0.5) is 0 Å². The number of allylic oxidation sites excluding steroid dienone is 1. The average Bonchev–Trinajstić information content (AvgIpc) is 2.53. The molecule has 0 saturated heterocycles. The first-order chi connectivity index (χ1) is 10.7. The van der Waals surface area contributed by atoms with E-state index in [1.54, 1.807) is 6.08 Å². The third-order valence-corrected chi connectivity index (χ3v) is 4.31. The Balaban J connectivity index is 2.46. The molecule has 1 aliphatic heterocycles. The Morgan fingerprint density at radius 3 is 3.00 bits per heavy atom. The summed E-state index contributed by atoms with van der Waals surface area (Å²) in [6.45, 7) is 6.13. The minimum absolute atomic E-state index is 0.0816. The highest BCUT2D eigenvalue weighted by atomic mass is 32.2. The number of amides is 1. The molecule has 1 aromatic rings. The molecule has 114 valence electrons. The average molecular weight is 314 g/mol. The monoisotopic (exact) mass is 314 g/mol. The standard InChI is InChI=1S/C17H18N2O2S/c1-3-9-22-17-14(11-18)13(10-16(20)19-17)12-7-5-6-8-15(12)21-4-2/h3,5-8,13H,1,4,9-10H2,2H3,(H,19,20)/t13-/m0/s1. The van der Waals surface area contributed by atoms with Crippen LogP contribution < -0.4 is 10.1 Å². The molecule has 1 aromatic carbocycles. The molecule has 0 aliphatic carbocycles. The lowest BCUT2D eigenvalue weighted by molar-refractivity contribution is -0.120. The summed E-state index contributed by atoms with van der Waals surface area (Å²) in [5.74, 6) is 1.02. The molecule has 5 heteroatoms. The molecule has 1 amide bonds. The summed E-state index contributed by atoms with van der Waals surface area (Å²) in [7, 11) is 0. The number of thioether (sulfide) groups is 1. The number of ether oxygens (including phenoxy) is 1. The third kappa shape index (κ3) is 3.52. The Morgan fingerprint density at radius 2 is 2.32 bits per heavy atom. The summed E-state index contributed by atoms with van der Waals surface area (Å²) in [5, 5.41) is 13.0. The number of hydrogen-bond donors (Lipinski definition) is 1. The van der Waals surface area contributed by atoms with Crippen LogP contribution in [0.25, 0.3) is 0 Å². The van der Waals surface area contributed by atoms with Gasteiger partial charge in [-0.25, -0.2) is 0 Å². The molecule has 1 aliphatic rings. The van der Waals surface area contributed by atoms with Crippen LogP contribution in [0.2, 0.25) is 0 Å². The van der Waals surface area contributed by atoms with Crippen molar-refractivity contribution >= 4 is 17.7 Å². The van der Waals surface area contributed by atoms with Crippen molar-refractivity contribution in [1.29, 1.82) is 5.26 Å². The zero-order valence-electron chi connectivity index (χ0n) is 12.5. The van der Waals surface area contributed by atoms with Crippen molar-refractivity contribution in [3.05, 3.63) is 53.1 Å². The molecule has 0 fully saturated rings. The molecule has 0 aromatic heterocycles. The minimum atomic E-state index is -0.270. The maximum Gasteiger partial charge on any atom is 0.225 e. The SMILES string of the molecule is C=CCSC1=C(C#N)[C@H](c2ccccc2OCC)CC(=O)N1. The van der Waals surface area contributed by atoms with Gasteiger partial charge in [-0.1, -0.05) is 24.3 Å². The molecule has 4 nitrogen and oxygen atoms in total. The van der Waals surface area contributed by atoms with Crippen molar-refractivity contribution in [3.63, 3.8) is 0 Å². The number of para-hydroxylation sites is 1. The number of nitriles is 1. The highest BCUT2D eigenvalue weighted by Crippen LogP contribution is 2.39. The van der Waals surface area contributed by atoms with E-state index < -0.39 is 0 Å². The second-order valence-corrected chi connectivity index (χ2v) is 5.76. The van der Waals surface area contributed by atoms with Crippen molar-refractivity contribution in [2.75, 3.05) is 12.4 Å². The predicted octanol–water partition coefficient (Wildman–Crippen LogP) is 3.34. The summed E-state index contributed by atoms with van der Waals surface area (Å²) >= 11 is 1.42. The first-order valence-corrected chi connectivity index (χ1v) is 8.09. The van der Waals surface area contributed by atoms with Crippen LogP contribution in [-0.4, -0.2) is 18.3 Å². The molecule has 22 heavy (non-hydrogen) atoms. The molecule has 2 rings (SSSR count). The second kappa shape index (κ2) is 7.71. The fraction of sp³-hybridized carbons (Fsp3) is 0.294. The summed E-state index contributed by atoms with van der Waals surface area (Å²) in [4.78, 5) is 12.0. The van der Waals surface area contributed by atoms with Crippen LogP contribution in [-0.2, 0) is 4.79 Å². The van der Waals surface area contributed by atoms with E-state index in [-0.39, 0.29) is 18.2 Å². The Kier molecular flexibility index (Phi) is 5.68. The minimum Gasteiger partial charge on any atom is -0.494 e. The third-order valence-electron chi connectivity index (χ3n) is 3.30. The van der Waals surface area contributed by atoms with Crippen LogP contribution in [0.15, 0.2) is 47.5 Å². The highest BCUT2D eigenvalue weighted by molar-refractivity contribution is 8.03. The normalized spacial score (nSPS) is 17.6. The molecular formula is C17H18N2O2S. The first-order valence-electron chi connectivity index (χ1n) is 7.10. The van der Waals surface area contributed by atoms with Crippen molar-refractivity contribution < 1.29 is 9.53 Å². The van der Waals surface area contributed by atoms with Gasteiger partial charge in [0.1, 0.15) is 5.75 Å². The zero-order valence-corrected chi connectivity index (χ0v) is 13.3. The fourth-order valence-electron chi connectivity index (χ4n) is 2.40. The van der Waals surface area contributed by atoms with E-state index in [1.165, 1.54) is 11.8 Å². The smallest absolute Gasteiger partial charge is 0.225 e. The number of hydrogen-bond acceptors (Lipinski definition) is 4. The molecule has 0 spiro atoms. The number of benzene rings is 1. The maximum atomic E-state index is 12.0. The van der Waals surface area contributed by atoms with Gasteiger partial charge in [0.25, 0.3) is 0 Å². The van der Waals surface area contributed by atoms with E-state index >= 15 is 0 Å². The van der Waals surface area contributed by atoms with Crippen LogP contribution in [0.3, 0.4) is 0 Å². The van der Waals surface area contributed by atoms with Gasteiger partial charge in [-0.3, -0.25) is 4.79 Å². The van der Waals surface area contributed by atoms with Crippen molar-refractivity contribution in [2.24, 2.45) is 0 Å². The van der Waals surface area contributed by atoms with E-state index in [0.717, 1.165) is 11.3 Å². The van der Waals surface area contributed by atoms with Crippen molar-refractivity contribution in [2.45, 2.75) is 19.3 Å². The lowest BCUT2D eigenvalue weighted by atomic mass is 9.86. The molecule has 0 bridgehead atoms. The molecule has 0 radical (unpaired) electrons. The molecule has 1 atom stereocenters. The highest BCUT2D eigenvalue weighted by Gasteiger charge is 2.31. The Bertz CT molecular complexity index is 646. The van der Waals surface area contributed by atoms with E-state index in [9.17, 15) is 10.1 Å². The van der Waals surface area contributed by atoms with E-state index in [1.807, 2.05) is 31.2 Å². The topological polar surface area (TPSA) is 62.1 Å². The van der Waals surface area contributed by atoms with Gasteiger partial charge in [0.15, 0.2) is 0 Å². The second-order valence-electron chi connectivity index (χ2n) is 4.73. The van der Waals surface area contributed by atoms with Gasteiger partial charge >= 0.3 is 0 Å². The number of carbonyl (C=O) groups excluding carboxylic acids is 1. The number of nitrogens with one attached hydrogen (secondary N) is 1. The predicted molar refractivity (Wildman–Crippen MR) is 88.4 cm³/mol. The fourth-order valence-corrected chi connectivity index (χ4v) is 3.21. The van der Waals surface area contributed by atoms with Gasteiger partial charge < -0.3 is 10.1 Å². The molecule has 1 N–H and O–H groups in total. The van der Waals surface area contributed by atoms with Gasteiger partial charge in [-0.05, 0) is 13.0 Å². The van der Waals surface area contributed by atoms with Crippen LogP contribution in [0.5, 0.6) is 5.75 Å². The van der Waals surface area contributed by atoms with Gasteiger partial charge in [0, 0.05) is 23.7 Å². The Morgan fingerprint density at radius 1 is 1.55 bits per heavy atom. The van der Waals surface area contributed by atoms with Crippen LogP contribution in [0, 0.1) is 11.3 Å². The summed E-state index contributed by atoms with van der Waals surface area (Å²) in [6.07, 6.45) is 2.00. The van der Waals surface area contributed by atoms with Gasteiger partial charge in [0.05, 0.1) is 23.3 Å². The van der Waals surface area contributed by atoms with Crippen molar-refractivity contribution in [1.82, 2.24) is 5.32 Å². The van der Waals surface area contributed by atoms with Gasteiger partial charge in [-0.2, -0.15) is 5.26 Å². The molecular weight excluding hydrogens is 296 g/mol. The summed E-state index contributed by atoms with van der Waals surface area (Å²) < 4.78 is 5.65. The van der Waals surface area contributed by atoms with Crippen LogP contribution in [0.1, 0.15) is 24.8 Å². The first kappa shape index (κ1) is 16.2. The lowest BCUT2D eigenvalue weighted by Crippen LogP contribution is -2.31. The molecule has 1 heterocycles. The summed E-state index contributed by atoms with van der Waals surface area (Å²) in [6, 6.07) is 9.83. The van der Waals surface area contributed by atoms with Gasteiger partial charge in [0.2, 0.25) is 5.91 Å². The maximum absolute atomic E-state index is 12.0. The largest absolute Gasteiger partial charge is 0.494 e.